The third kappa shape index (κ3) is 4.60. The van der Waals surface area contributed by atoms with Crippen LogP contribution in [0.4, 0.5) is 5.69 Å². The number of amides is 1. The molecule has 1 aliphatic rings. The van der Waals surface area contributed by atoms with E-state index in [2.05, 4.69) is 5.32 Å². The maximum Gasteiger partial charge on any atom is 0.255 e. The highest BCUT2D eigenvalue weighted by Gasteiger charge is 2.26. The molecule has 0 unspecified atom stereocenters. The van der Waals surface area contributed by atoms with Crippen LogP contribution >= 0.6 is 0 Å². The minimum atomic E-state index is -3.62. The average molecular weight is 403 g/mol. The summed E-state index contributed by atoms with van der Waals surface area (Å²) in [5.74, 6) is -0.273. The van der Waals surface area contributed by atoms with E-state index in [0.29, 0.717) is 18.7 Å². The van der Waals surface area contributed by atoms with Crippen LogP contribution in [-0.2, 0) is 14.8 Å². The van der Waals surface area contributed by atoms with Crippen molar-refractivity contribution in [3.8, 4) is 0 Å². The maximum atomic E-state index is 12.7. The van der Waals surface area contributed by atoms with Crippen molar-refractivity contribution in [2.45, 2.75) is 37.7 Å². The summed E-state index contributed by atoms with van der Waals surface area (Å²) in [5.41, 5.74) is 3.17. The Bertz CT molecular complexity index is 949. The topological polar surface area (TPSA) is 75.7 Å². The van der Waals surface area contributed by atoms with Crippen LogP contribution in [0.3, 0.4) is 0 Å². The number of aryl methyl sites for hydroxylation is 2. The lowest BCUT2D eigenvalue weighted by Gasteiger charge is -2.20. The van der Waals surface area contributed by atoms with E-state index in [1.54, 1.807) is 7.05 Å². The zero-order valence-corrected chi connectivity index (χ0v) is 17.3. The summed E-state index contributed by atoms with van der Waals surface area (Å²) in [6.45, 7) is 4.90. The van der Waals surface area contributed by atoms with Crippen molar-refractivity contribution in [2.24, 2.45) is 0 Å². The molecule has 1 N–H and O–H groups in total. The number of sulfonamides is 1. The number of carbonyl (C=O) groups excluding carboxylic acids is 1. The number of hydrogen-bond donors (Lipinski definition) is 1. The summed E-state index contributed by atoms with van der Waals surface area (Å²) in [6, 6.07) is 11.9. The van der Waals surface area contributed by atoms with E-state index in [1.165, 1.54) is 28.6 Å². The second kappa shape index (κ2) is 8.43. The van der Waals surface area contributed by atoms with Gasteiger partial charge in [0.25, 0.3) is 5.91 Å². The Morgan fingerprint density at radius 1 is 1.18 bits per heavy atom. The molecule has 1 atom stereocenters. The van der Waals surface area contributed by atoms with Gasteiger partial charge in [-0.25, -0.2) is 8.42 Å². The van der Waals surface area contributed by atoms with Gasteiger partial charge in [0, 0.05) is 31.5 Å². The first kappa shape index (κ1) is 20.5. The molecule has 1 fully saturated rings. The fraction of sp³-hybridized carbons (Fsp3) is 0.381. The second-order valence-electron chi connectivity index (χ2n) is 7.22. The molecule has 1 aliphatic heterocycles. The molecule has 0 saturated carbocycles. The first-order chi connectivity index (χ1) is 13.3. The number of rotatable bonds is 6. The zero-order chi connectivity index (χ0) is 20.3. The van der Waals surface area contributed by atoms with E-state index in [-0.39, 0.29) is 16.9 Å². The van der Waals surface area contributed by atoms with Crippen molar-refractivity contribution < 1.29 is 17.9 Å². The molecule has 0 aliphatic carbocycles. The molecule has 1 saturated heterocycles. The summed E-state index contributed by atoms with van der Waals surface area (Å²) >= 11 is 0. The van der Waals surface area contributed by atoms with Crippen molar-refractivity contribution in [3.63, 3.8) is 0 Å². The summed E-state index contributed by atoms with van der Waals surface area (Å²) in [5, 5.41) is 2.88. The van der Waals surface area contributed by atoms with Crippen molar-refractivity contribution in [3.05, 3.63) is 59.2 Å². The van der Waals surface area contributed by atoms with Crippen LogP contribution in [0.2, 0.25) is 0 Å². The Balaban J connectivity index is 1.71. The molecule has 0 bridgehead atoms. The number of ether oxygens (including phenoxy) is 1. The van der Waals surface area contributed by atoms with Crippen LogP contribution in [0.25, 0.3) is 0 Å². The zero-order valence-electron chi connectivity index (χ0n) is 16.4. The molecule has 0 aromatic heterocycles. The maximum absolute atomic E-state index is 12.7. The standard InChI is InChI=1S/C21H26N2O4S/c1-15-6-7-16(2)20(13-15)22-21(24)17-8-10-19(11-9-17)28(25,26)23(3)14-18-5-4-12-27-18/h6-11,13,18H,4-5,12,14H2,1-3H3,(H,22,24)/t18-/m0/s1. The first-order valence-corrected chi connectivity index (χ1v) is 10.8. The molecule has 1 heterocycles. The van der Waals surface area contributed by atoms with Gasteiger partial charge in [-0.2, -0.15) is 4.31 Å². The molecule has 6 nitrogen and oxygen atoms in total. The fourth-order valence-corrected chi connectivity index (χ4v) is 4.40. The predicted molar refractivity (Wildman–Crippen MR) is 109 cm³/mol. The van der Waals surface area contributed by atoms with Gasteiger partial charge in [-0.3, -0.25) is 4.79 Å². The summed E-state index contributed by atoms with van der Waals surface area (Å²) in [6.07, 6.45) is 1.78. The number of benzene rings is 2. The largest absolute Gasteiger partial charge is 0.377 e. The van der Waals surface area contributed by atoms with Crippen LogP contribution < -0.4 is 5.32 Å². The smallest absolute Gasteiger partial charge is 0.255 e. The lowest BCUT2D eigenvalue weighted by molar-refractivity contribution is 0.0979. The SMILES string of the molecule is Cc1ccc(C)c(NC(=O)c2ccc(S(=O)(=O)N(C)C[C@@H]3CCCO3)cc2)c1. The molecule has 1 amide bonds. The molecule has 28 heavy (non-hydrogen) atoms. The highest BCUT2D eigenvalue weighted by Crippen LogP contribution is 2.21. The molecule has 2 aromatic rings. The highest BCUT2D eigenvalue weighted by atomic mass is 32.2. The molecular weight excluding hydrogens is 376 g/mol. The van der Waals surface area contributed by atoms with E-state index >= 15 is 0 Å². The first-order valence-electron chi connectivity index (χ1n) is 9.34. The van der Waals surface area contributed by atoms with Gasteiger partial charge in [0.2, 0.25) is 10.0 Å². The van der Waals surface area contributed by atoms with E-state index in [4.69, 9.17) is 4.74 Å². The number of nitrogens with one attached hydrogen (secondary N) is 1. The Hall–Kier alpha value is -2.22. The van der Waals surface area contributed by atoms with E-state index in [0.717, 1.165) is 29.7 Å². The van der Waals surface area contributed by atoms with Crippen molar-refractivity contribution in [1.29, 1.82) is 0 Å². The normalized spacial score (nSPS) is 17.1. The number of likely N-dealkylation sites (N-methyl/N-ethyl adjacent to an activating group) is 1. The molecule has 0 spiro atoms. The van der Waals surface area contributed by atoms with Crippen molar-refractivity contribution >= 4 is 21.6 Å². The Kier molecular flexibility index (Phi) is 6.17. The van der Waals surface area contributed by atoms with Gasteiger partial charge in [-0.15, -0.1) is 0 Å². The molecule has 7 heteroatoms. The lowest BCUT2D eigenvalue weighted by Crippen LogP contribution is -2.34. The Morgan fingerprint density at radius 2 is 1.89 bits per heavy atom. The number of nitrogens with zero attached hydrogens (tertiary/aromatic N) is 1. The average Bonchev–Trinajstić information content (AvgIpc) is 3.17. The van der Waals surface area contributed by atoms with Gasteiger partial charge in [0.05, 0.1) is 11.0 Å². The van der Waals surface area contributed by atoms with Gasteiger partial charge in [0.15, 0.2) is 0 Å². The third-order valence-corrected chi connectivity index (χ3v) is 6.79. The summed E-state index contributed by atoms with van der Waals surface area (Å²) < 4.78 is 32.3. The quantitative estimate of drug-likeness (QED) is 0.804. The summed E-state index contributed by atoms with van der Waals surface area (Å²) in [4.78, 5) is 12.7. The van der Waals surface area contributed by atoms with E-state index < -0.39 is 10.0 Å². The van der Waals surface area contributed by atoms with Crippen LogP contribution in [0.1, 0.15) is 34.3 Å². The minimum absolute atomic E-state index is 0.0533. The van der Waals surface area contributed by atoms with Gasteiger partial charge >= 0.3 is 0 Å². The number of anilines is 1. The summed E-state index contributed by atoms with van der Waals surface area (Å²) in [7, 11) is -2.06. The number of hydrogen-bond acceptors (Lipinski definition) is 4. The van der Waals surface area contributed by atoms with E-state index in [1.807, 2.05) is 32.0 Å². The van der Waals surface area contributed by atoms with E-state index in [9.17, 15) is 13.2 Å². The Labute approximate surface area is 166 Å². The van der Waals surface area contributed by atoms with Gasteiger partial charge < -0.3 is 10.1 Å². The minimum Gasteiger partial charge on any atom is -0.377 e. The highest BCUT2D eigenvalue weighted by molar-refractivity contribution is 7.89. The monoisotopic (exact) mass is 402 g/mol. The number of carbonyl (C=O) groups is 1. The molecular formula is C21H26N2O4S. The lowest BCUT2D eigenvalue weighted by atomic mass is 10.1. The Morgan fingerprint density at radius 3 is 2.54 bits per heavy atom. The van der Waals surface area contributed by atoms with Crippen LogP contribution in [0, 0.1) is 13.8 Å². The van der Waals surface area contributed by atoms with Crippen molar-refractivity contribution in [1.82, 2.24) is 4.31 Å². The fourth-order valence-electron chi connectivity index (χ4n) is 3.20. The molecule has 3 rings (SSSR count). The van der Waals surface area contributed by atoms with Crippen LogP contribution in [0.15, 0.2) is 47.4 Å². The third-order valence-electron chi connectivity index (χ3n) is 4.95. The molecule has 2 aromatic carbocycles. The van der Waals surface area contributed by atoms with Crippen LogP contribution in [-0.4, -0.2) is 44.9 Å². The molecule has 0 radical (unpaired) electrons. The second-order valence-corrected chi connectivity index (χ2v) is 9.26. The van der Waals surface area contributed by atoms with Gasteiger partial charge in [0.1, 0.15) is 0 Å². The molecule has 150 valence electrons. The van der Waals surface area contributed by atoms with Gasteiger partial charge in [-0.1, -0.05) is 12.1 Å². The van der Waals surface area contributed by atoms with Crippen LogP contribution in [0.5, 0.6) is 0 Å². The van der Waals surface area contributed by atoms with Crippen molar-refractivity contribution in [2.75, 3.05) is 25.5 Å². The van der Waals surface area contributed by atoms with Gasteiger partial charge in [-0.05, 0) is 68.1 Å². The predicted octanol–water partition coefficient (Wildman–Crippen LogP) is 3.36.